The summed E-state index contributed by atoms with van der Waals surface area (Å²) < 4.78 is 25.3. The van der Waals surface area contributed by atoms with E-state index in [4.69, 9.17) is 11.8 Å². The Morgan fingerprint density at radius 1 is 1.19 bits per heavy atom. The fourth-order valence-electron chi connectivity index (χ4n) is 2.16. The van der Waals surface area contributed by atoms with Crippen LogP contribution in [0.25, 0.3) is 0 Å². The number of halogens is 1. The van der Waals surface area contributed by atoms with Crippen molar-refractivity contribution in [2.24, 2.45) is 0 Å². The van der Waals surface area contributed by atoms with Crippen molar-refractivity contribution in [2.75, 3.05) is 9.74 Å². The SMILES string of the molecule is CC(C)S(=O)(=O)c1csc(N(Cl)C(=O)Nc2ccc(C(C)(C)C)cc2)c1. The number of carbonyl (C=O) groups is 1. The second-order valence-corrected chi connectivity index (χ2v) is 11.0. The summed E-state index contributed by atoms with van der Waals surface area (Å²) in [7, 11) is -3.40. The highest BCUT2D eigenvalue weighted by molar-refractivity contribution is 7.92. The number of nitrogens with zero attached hydrogens (tertiary/aromatic N) is 1. The Kier molecular flexibility index (Phi) is 6.05. The number of carbonyl (C=O) groups excluding carboxylic acids is 1. The maximum Gasteiger partial charge on any atom is 0.341 e. The summed E-state index contributed by atoms with van der Waals surface area (Å²) in [4.78, 5) is 12.5. The van der Waals surface area contributed by atoms with Crippen LogP contribution >= 0.6 is 23.1 Å². The lowest BCUT2D eigenvalue weighted by Gasteiger charge is -2.19. The Hall–Kier alpha value is -1.57. The van der Waals surface area contributed by atoms with E-state index in [1.54, 1.807) is 13.8 Å². The van der Waals surface area contributed by atoms with Gasteiger partial charge < -0.3 is 5.32 Å². The van der Waals surface area contributed by atoms with Crippen LogP contribution in [0.2, 0.25) is 0 Å². The van der Waals surface area contributed by atoms with Gasteiger partial charge in [0.05, 0.1) is 10.1 Å². The minimum atomic E-state index is -3.40. The molecule has 1 aromatic heterocycles. The molecular formula is C18H23ClN2O3S2. The van der Waals surface area contributed by atoms with E-state index >= 15 is 0 Å². The summed E-state index contributed by atoms with van der Waals surface area (Å²) in [5, 5.41) is 4.00. The van der Waals surface area contributed by atoms with Crippen molar-refractivity contribution in [3.63, 3.8) is 0 Å². The monoisotopic (exact) mass is 414 g/mol. The van der Waals surface area contributed by atoms with Gasteiger partial charge >= 0.3 is 6.03 Å². The van der Waals surface area contributed by atoms with Gasteiger partial charge in [0, 0.05) is 22.8 Å². The molecule has 2 amide bonds. The van der Waals surface area contributed by atoms with E-state index in [0.29, 0.717) is 10.7 Å². The quantitative estimate of drug-likeness (QED) is 0.679. The third-order valence-corrected chi connectivity index (χ3v) is 7.52. The average molecular weight is 415 g/mol. The molecule has 1 N–H and O–H groups in total. The average Bonchev–Trinajstić information content (AvgIpc) is 3.04. The summed E-state index contributed by atoms with van der Waals surface area (Å²) in [5.74, 6) is 0. The van der Waals surface area contributed by atoms with Crippen LogP contribution in [0.3, 0.4) is 0 Å². The molecule has 0 radical (unpaired) electrons. The lowest BCUT2D eigenvalue weighted by molar-refractivity contribution is 0.260. The normalized spacial score (nSPS) is 12.3. The topological polar surface area (TPSA) is 66.5 Å². The van der Waals surface area contributed by atoms with Crippen LogP contribution in [0.15, 0.2) is 40.6 Å². The first-order valence-electron chi connectivity index (χ1n) is 8.13. The molecule has 142 valence electrons. The summed E-state index contributed by atoms with van der Waals surface area (Å²) >= 11 is 7.19. The first-order chi connectivity index (χ1) is 11.9. The smallest absolute Gasteiger partial charge is 0.306 e. The summed E-state index contributed by atoms with van der Waals surface area (Å²) in [6.07, 6.45) is 0. The molecule has 1 heterocycles. The molecule has 0 aliphatic rings. The van der Waals surface area contributed by atoms with E-state index < -0.39 is 21.1 Å². The molecule has 0 unspecified atom stereocenters. The predicted molar refractivity (Wildman–Crippen MR) is 109 cm³/mol. The Morgan fingerprint density at radius 3 is 2.27 bits per heavy atom. The van der Waals surface area contributed by atoms with E-state index in [0.717, 1.165) is 21.3 Å². The number of hydrogen-bond acceptors (Lipinski definition) is 4. The molecule has 0 saturated carbocycles. The molecule has 2 rings (SSSR count). The van der Waals surface area contributed by atoms with Crippen LogP contribution < -0.4 is 9.74 Å². The summed E-state index contributed by atoms with van der Waals surface area (Å²) in [6.45, 7) is 9.56. The molecule has 8 heteroatoms. The van der Waals surface area contributed by atoms with Gasteiger partial charge in [-0.15, -0.1) is 11.3 Å². The minimum absolute atomic E-state index is 0.0241. The number of anilines is 2. The second-order valence-electron chi connectivity index (χ2n) is 7.25. The minimum Gasteiger partial charge on any atom is -0.306 e. The maximum atomic E-state index is 12.3. The number of rotatable bonds is 4. The first-order valence-corrected chi connectivity index (χ1v) is 10.9. The molecule has 0 atom stereocenters. The van der Waals surface area contributed by atoms with Crippen LogP contribution in [0.1, 0.15) is 40.2 Å². The van der Waals surface area contributed by atoms with E-state index in [9.17, 15) is 13.2 Å². The molecule has 0 aliphatic heterocycles. The third-order valence-electron chi connectivity index (χ3n) is 3.88. The van der Waals surface area contributed by atoms with Gasteiger partial charge in [-0.1, -0.05) is 32.9 Å². The van der Waals surface area contributed by atoms with Gasteiger partial charge in [0.15, 0.2) is 9.84 Å². The zero-order chi connectivity index (χ0) is 19.7. The Balaban J connectivity index is 2.12. The fraction of sp³-hybridized carbons (Fsp3) is 0.389. The van der Waals surface area contributed by atoms with E-state index in [1.165, 1.54) is 11.4 Å². The van der Waals surface area contributed by atoms with E-state index in [-0.39, 0.29) is 10.3 Å². The van der Waals surface area contributed by atoms with Crippen LogP contribution in [-0.4, -0.2) is 19.7 Å². The lowest BCUT2D eigenvalue weighted by atomic mass is 9.87. The highest BCUT2D eigenvalue weighted by Gasteiger charge is 2.24. The van der Waals surface area contributed by atoms with Crippen molar-refractivity contribution in [1.29, 1.82) is 0 Å². The van der Waals surface area contributed by atoms with E-state index in [1.807, 2.05) is 24.3 Å². The number of urea groups is 1. The van der Waals surface area contributed by atoms with Gasteiger partial charge in [-0.2, -0.15) is 4.42 Å². The number of nitrogens with one attached hydrogen (secondary N) is 1. The lowest BCUT2D eigenvalue weighted by Crippen LogP contribution is -2.26. The van der Waals surface area contributed by atoms with Crippen LogP contribution in [0, 0.1) is 0 Å². The molecule has 0 aliphatic carbocycles. The maximum absolute atomic E-state index is 12.3. The van der Waals surface area contributed by atoms with Gasteiger partial charge in [-0.25, -0.2) is 13.2 Å². The predicted octanol–water partition coefficient (Wildman–Crippen LogP) is 5.42. The third kappa shape index (κ3) is 4.58. The molecule has 0 saturated heterocycles. The van der Waals surface area contributed by atoms with Crippen molar-refractivity contribution >= 4 is 49.7 Å². The highest BCUT2D eigenvalue weighted by Crippen LogP contribution is 2.31. The number of thiophene rings is 1. The number of amides is 2. The van der Waals surface area contributed by atoms with Crippen LogP contribution in [0.5, 0.6) is 0 Å². The first kappa shape index (κ1) is 20.7. The number of sulfone groups is 1. The molecule has 0 fully saturated rings. The molecule has 26 heavy (non-hydrogen) atoms. The van der Waals surface area contributed by atoms with Crippen molar-refractivity contribution in [2.45, 2.75) is 50.2 Å². The second kappa shape index (κ2) is 7.58. The zero-order valence-corrected chi connectivity index (χ0v) is 17.8. The molecule has 0 bridgehead atoms. The van der Waals surface area contributed by atoms with Crippen molar-refractivity contribution in [3.05, 3.63) is 41.3 Å². The van der Waals surface area contributed by atoms with Crippen LogP contribution in [-0.2, 0) is 15.3 Å². The number of hydrogen-bond donors (Lipinski definition) is 1. The van der Waals surface area contributed by atoms with Gasteiger partial charge in [0.25, 0.3) is 0 Å². The standard InChI is InChI=1S/C18H23ClN2O3S2/c1-12(2)26(23,24)15-10-16(25-11-15)21(19)17(22)20-14-8-6-13(7-9-14)18(3,4)5/h6-12H,1-5H3,(H,20,22). The summed E-state index contributed by atoms with van der Waals surface area (Å²) in [6, 6.07) is 8.39. The van der Waals surface area contributed by atoms with Gasteiger partial charge in [0.2, 0.25) is 0 Å². The van der Waals surface area contributed by atoms with E-state index in [2.05, 4.69) is 26.1 Å². The molecule has 5 nitrogen and oxygen atoms in total. The molecular weight excluding hydrogens is 392 g/mol. The van der Waals surface area contributed by atoms with Crippen molar-refractivity contribution in [3.8, 4) is 0 Å². The Labute approximate surface area is 164 Å². The van der Waals surface area contributed by atoms with Gasteiger partial charge in [0.1, 0.15) is 5.00 Å². The zero-order valence-electron chi connectivity index (χ0n) is 15.4. The molecule has 0 spiro atoms. The molecule has 2 aromatic rings. The highest BCUT2D eigenvalue weighted by atomic mass is 35.5. The van der Waals surface area contributed by atoms with Crippen molar-refractivity contribution < 1.29 is 13.2 Å². The molecule has 1 aromatic carbocycles. The van der Waals surface area contributed by atoms with Crippen LogP contribution in [0.4, 0.5) is 15.5 Å². The van der Waals surface area contributed by atoms with Crippen molar-refractivity contribution in [1.82, 2.24) is 0 Å². The fourth-order valence-corrected chi connectivity index (χ4v) is 4.62. The Bertz CT molecular complexity index is 882. The number of benzene rings is 1. The summed E-state index contributed by atoms with van der Waals surface area (Å²) in [5.41, 5.74) is 1.79. The van der Waals surface area contributed by atoms with Gasteiger partial charge in [-0.05, 0) is 43.0 Å². The van der Waals surface area contributed by atoms with Gasteiger partial charge in [-0.3, -0.25) is 0 Å². The largest absolute Gasteiger partial charge is 0.341 e. The Morgan fingerprint density at radius 2 is 1.77 bits per heavy atom.